The zero-order chi connectivity index (χ0) is 11.8. The van der Waals surface area contributed by atoms with Crippen LogP contribution in [0.5, 0.6) is 0 Å². The summed E-state index contributed by atoms with van der Waals surface area (Å²) >= 11 is 0. The molecule has 0 radical (unpaired) electrons. The molecule has 0 saturated heterocycles. The van der Waals surface area contributed by atoms with Crippen LogP contribution in [0.25, 0.3) is 0 Å². The van der Waals surface area contributed by atoms with E-state index >= 15 is 0 Å². The van der Waals surface area contributed by atoms with Gasteiger partial charge in [0.2, 0.25) is 5.95 Å². The Balaban J connectivity index is 2.52. The highest BCUT2D eigenvalue weighted by molar-refractivity contribution is 5.40. The van der Waals surface area contributed by atoms with Crippen LogP contribution in [0.3, 0.4) is 0 Å². The topological polar surface area (TPSA) is 70.1 Å². The van der Waals surface area contributed by atoms with Gasteiger partial charge in [-0.3, -0.25) is 0 Å². The summed E-state index contributed by atoms with van der Waals surface area (Å²) < 4.78 is 13.3. The van der Waals surface area contributed by atoms with Crippen LogP contribution < -0.4 is 10.6 Å². The highest BCUT2D eigenvalue weighted by Crippen LogP contribution is 2.11. The number of unbranched alkanes of at least 4 members (excludes halogenated alkanes) is 1. The Bertz CT molecular complexity index is 322. The first-order valence-electron chi connectivity index (χ1n) is 5.39. The Hall–Kier alpha value is -1.43. The van der Waals surface area contributed by atoms with Crippen molar-refractivity contribution in [1.82, 2.24) is 9.97 Å². The van der Waals surface area contributed by atoms with E-state index < -0.39 is 5.82 Å². The molecule has 0 atom stereocenters. The van der Waals surface area contributed by atoms with Crippen LogP contribution in [0.2, 0.25) is 0 Å². The van der Waals surface area contributed by atoms with E-state index in [-0.39, 0.29) is 12.4 Å². The predicted octanol–water partition coefficient (Wildman–Crippen LogP) is 1.23. The number of aliphatic hydroxyl groups excluding tert-OH is 1. The summed E-state index contributed by atoms with van der Waals surface area (Å²) in [4.78, 5) is 7.78. The number of aliphatic hydroxyl groups is 1. The SMILES string of the molecule is CCNc1ncc(F)c(NCCCCO)n1. The summed E-state index contributed by atoms with van der Waals surface area (Å²) in [7, 11) is 0. The lowest BCUT2D eigenvalue weighted by Crippen LogP contribution is -2.09. The number of rotatable bonds is 7. The van der Waals surface area contributed by atoms with E-state index in [2.05, 4.69) is 20.6 Å². The molecule has 0 aliphatic rings. The van der Waals surface area contributed by atoms with E-state index in [0.29, 0.717) is 25.5 Å². The third-order valence-corrected chi connectivity index (χ3v) is 1.96. The lowest BCUT2D eigenvalue weighted by atomic mass is 10.3. The third-order valence-electron chi connectivity index (χ3n) is 1.96. The van der Waals surface area contributed by atoms with Crippen molar-refractivity contribution in [2.24, 2.45) is 0 Å². The summed E-state index contributed by atoms with van der Waals surface area (Å²) in [6.45, 7) is 3.34. The maximum atomic E-state index is 13.3. The fourth-order valence-electron chi connectivity index (χ4n) is 1.18. The lowest BCUT2D eigenvalue weighted by molar-refractivity contribution is 0.286. The summed E-state index contributed by atoms with van der Waals surface area (Å²) in [5.41, 5.74) is 0. The lowest BCUT2D eigenvalue weighted by Gasteiger charge is -2.07. The zero-order valence-corrected chi connectivity index (χ0v) is 9.33. The molecule has 0 aliphatic carbocycles. The average Bonchev–Trinajstić information content (AvgIpc) is 2.29. The Kier molecular flexibility index (Phi) is 5.49. The number of nitrogens with one attached hydrogen (secondary N) is 2. The first kappa shape index (κ1) is 12.6. The fraction of sp³-hybridized carbons (Fsp3) is 0.600. The van der Waals surface area contributed by atoms with Gasteiger partial charge in [0.25, 0.3) is 0 Å². The van der Waals surface area contributed by atoms with Crippen LogP contribution in [-0.2, 0) is 0 Å². The van der Waals surface area contributed by atoms with Gasteiger partial charge < -0.3 is 15.7 Å². The van der Waals surface area contributed by atoms with Crippen molar-refractivity contribution in [1.29, 1.82) is 0 Å². The Morgan fingerprint density at radius 3 is 2.88 bits per heavy atom. The first-order valence-corrected chi connectivity index (χ1v) is 5.39. The van der Waals surface area contributed by atoms with Crippen LogP contribution in [0, 0.1) is 5.82 Å². The van der Waals surface area contributed by atoms with Gasteiger partial charge in [-0.15, -0.1) is 0 Å². The Labute approximate surface area is 94.1 Å². The molecule has 1 aromatic rings. The fourth-order valence-corrected chi connectivity index (χ4v) is 1.18. The molecule has 1 rings (SSSR count). The summed E-state index contributed by atoms with van der Waals surface area (Å²) in [6.07, 6.45) is 2.61. The molecule has 1 heterocycles. The van der Waals surface area contributed by atoms with Crippen molar-refractivity contribution in [3.05, 3.63) is 12.0 Å². The standard InChI is InChI=1S/C10H17FN4O/c1-2-12-10-14-7-8(11)9(15-10)13-5-3-4-6-16/h7,16H,2-6H2,1H3,(H2,12,13,14,15). The van der Waals surface area contributed by atoms with Gasteiger partial charge in [-0.1, -0.05) is 0 Å². The number of hydrogen-bond donors (Lipinski definition) is 3. The minimum atomic E-state index is -0.467. The van der Waals surface area contributed by atoms with E-state index in [4.69, 9.17) is 5.11 Å². The van der Waals surface area contributed by atoms with Crippen molar-refractivity contribution >= 4 is 11.8 Å². The van der Waals surface area contributed by atoms with Gasteiger partial charge in [0.15, 0.2) is 11.6 Å². The van der Waals surface area contributed by atoms with E-state index in [0.717, 1.165) is 12.6 Å². The molecule has 3 N–H and O–H groups in total. The number of aromatic nitrogens is 2. The normalized spacial score (nSPS) is 10.2. The van der Waals surface area contributed by atoms with Gasteiger partial charge in [-0.05, 0) is 19.8 Å². The number of nitrogens with zero attached hydrogens (tertiary/aromatic N) is 2. The Morgan fingerprint density at radius 2 is 2.19 bits per heavy atom. The van der Waals surface area contributed by atoms with Crippen molar-refractivity contribution in [3.63, 3.8) is 0 Å². The van der Waals surface area contributed by atoms with Gasteiger partial charge in [-0.2, -0.15) is 4.98 Å². The Morgan fingerprint density at radius 1 is 1.38 bits per heavy atom. The van der Waals surface area contributed by atoms with Crippen molar-refractivity contribution in [2.75, 3.05) is 30.3 Å². The molecule has 90 valence electrons. The number of anilines is 2. The molecule has 0 aliphatic heterocycles. The number of hydrogen-bond acceptors (Lipinski definition) is 5. The molecule has 0 fully saturated rings. The summed E-state index contributed by atoms with van der Waals surface area (Å²) in [6, 6.07) is 0. The minimum Gasteiger partial charge on any atom is -0.396 e. The van der Waals surface area contributed by atoms with Gasteiger partial charge in [0.05, 0.1) is 6.20 Å². The smallest absolute Gasteiger partial charge is 0.224 e. The molecular formula is C10H17FN4O. The maximum Gasteiger partial charge on any atom is 0.224 e. The van der Waals surface area contributed by atoms with Gasteiger partial charge in [-0.25, -0.2) is 9.37 Å². The van der Waals surface area contributed by atoms with Crippen LogP contribution in [0.15, 0.2) is 6.20 Å². The second-order valence-corrected chi connectivity index (χ2v) is 3.28. The molecule has 1 aromatic heterocycles. The molecule has 0 saturated carbocycles. The summed E-state index contributed by atoms with van der Waals surface area (Å²) in [5, 5.41) is 14.4. The van der Waals surface area contributed by atoms with E-state index in [1.54, 1.807) is 0 Å². The van der Waals surface area contributed by atoms with E-state index in [1.165, 1.54) is 0 Å². The minimum absolute atomic E-state index is 0.149. The van der Waals surface area contributed by atoms with Crippen molar-refractivity contribution in [3.8, 4) is 0 Å². The van der Waals surface area contributed by atoms with Crippen molar-refractivity contribution < 1.29 is 9.50 Å². The van der Waals surface area contributed by atoms with Gasteiger partial charge >= 0.3 is 0 Å². The van der Waals surface area contributed by atoms with Crippen LogP contribution in [0.4, 0.5) is 16.2 Å². The molecule has 0 unspecified atom stereocenters. The second-order valence-electron chi connectivity index (χ2n) is 3.28. The monoisotopic (exact) mass is 228 g/mol. The quantitative estimate of drug-likeness (QED) is 0.612. The van der Waals surface area contributed by atoms with Crippen LogP contribution in [-0.4, -0.2) is 34.8 Å². The zero-order valence-electron chi connectivity index (χ0n) is 9.33. The van der Waals surface area contributed by atoms with E-state index in [9.17, 15) is 4.39 Å². The molecule has 0 bridgehead atoms. The molecule has 5 nitrogen and oxygen atoms in total. The molecule has 16 heavy (non-hydrogen) atoms. The van der Waals surface area contributed by atoms with Gasteiger partial charge in [0.1, 0.15) is 0 Å². The molecule has 0 aromatic carbocycles. The number of halogens is 1. The highest BCUT2D eigenvalue weighted by atomic mass is 19.1. The van der Waals surface area contributed by atoms with Gasteiger partial charge in [0, 0.05) is 19.7 Å². The van der Waals surface area contributed by atoms with Crippen molar-refractivity contribution in [2.45, 2.75) is 19.8 Å². The molecule has 0 amide bonds. The molecule has 0 spiro atoms. The first-order chi connectivity index (χ1) is 7.77. The van der Waals surface area contributed by atoms with E-state index in [1.807, 2.05) is 6.92 Å². The molecule has 6 heteroatoms. The predicted molar refractivity (Wildman–Crippen MR) is 61.0 cm³/mol. The second kappa shape index (κ2) is 6.95. The largest absolute Gasteiger partial charge is 0.396 e. The maximum absolute atomic E-state index is 13.3. The third kappa shape index (κ3) is 3.98. The average molecular weight is 228 g/mol. The summed E-state index contributed by atoms with van der Waals surface area (Å²) in [5.74, 6) is 0.142. The highest BCUT2D eigenvalue weighted by Gasteiger charge is 2.05. The van der Waals surface area contributed by atoms with Crippen LogP contribution >= 0.6 is 0 Å². The molecular weight excluding hydrogens is 211 g/mol. The van der Waals surface area contributed by atoms with Crippen LogP contribution in [0.1, 0.15) is 19.8 Å².